The number of carbonyl (C=O) groups excluding carboxylic acids is 1. The van der Waals surface area contributed by atoms with Gasteiger partial charge < -0.3 is 10.6 Å². The van der Waals surface area contributed by atoms with Gasteiger partial charge in [0.15, 0.2) is 0 Å². The second-order valence-electron chi connectivity index (χ2n) is 3.11. The van der Waals surface area contributed by atoms with Crippen molar-refractivity contribution in [1.82, 2.24) is 9.97 Å². The number of hydrogen-bond acceptors (Lipinski definition) is 4. The Labute approximate surface area is 88.3 Å². The maximum absolute atomic E-state index is 10.4. The molecule has 2 N–H and O–H groups in total. The molecule has 0 saturated heterocycles. The summed E-state index contributed by atoms with van der Waals surface area (Å²) in [7, 11) is 3.71. The summed E-state index contributed by atoms with van der Waals surface area (Å²) in [6.07, 6.45) is 3.27. The normalized spacial score (nSPS) is 8.93. The molecule has 5 nitrogen and oxygen atoms in total. The molecule has 0 aliphatic carbocycles. The second-order valence-corrected chi connectivity index (χ2v) is 3.11. The average molecular weight is 204 g/mol. The lowest BCUT2D eigenvalue weighted by molar-refractivity contribution is -0.117. The number of rotatable bonds is 2. The molecule has 1 rings (SSSR count). The monoisotopic (exact) mass is 204 g/mol. The summed E-state index contributed by atoms with van der Waals surface area (Å²) in [6, 6.07) is 0. The quantitative estimate of drug-likeness (QED) is 0.675. The number of hydrogen-bond donors (Lipinski definition) is 1. The van der Waals surface area contributed by atoms with Crippen LogP contribution in [0.1, 0.15) is 12.0 Å². The minimum atomic E-state index is -0.437. The molecule has 0 aromatic carbocycles. The largest absolute Gasteiger partial charge is 0.369 e. The Balaban J connectivity index is 2.71. The summed E-state index contributed by atoms with van der Waals surface area (Å²) in [5.41, 5.74) is 5.61. The van der Waals surface area contributed by atoms with Crippen LogP contribution in [0.2, 0.25) is 0 Å². The molecule has 78 valence electrons. The molecule has 0 spiro atoms. The third kappa shape index (κ3) is 3.65. The minimum absolute atomic E-state index is 0.0510. The highest BCUT2D eigenvalue weighted by Gasteiger charge is 1.96. The number of carbonyl (C=O) groups is 1. The highest BCUT2D eigenvalue weighted by Crippen LogP contribution is 2.01. The molecule has 1 aromatic heterocycles. The van der Waals surface area contributed by atoms with Crippen molar-refractivity contribution in [2.75, 3.05) is 19.0 Å². The summed E-state index contributed by atoms with van der Waals surface area (Å²) < 4.78 is 0. The Bertz CT molecular complexity index is 400. The first-order valence-corrected chi connectivity index (χ1v) is 4.36. The average Bonchev–Trinajstić information content (AvgIpc) is 2.18. The first-order chi connectivity index (χ1) is 7.09. The van der Waals surface area contributed by atoms with Crippen LogP contribution in [-0.2, 0) is 4.79 Å². The third-order valence-corrected chi connectivity index (χ3v) is 1.53. The summed E-state index contributed by atoms with van der Waals surface area (Å²) in [5.74, 6) is 5.56. The van der Waals surface area contributed by atoms with Crippen LogP contribution in [0.3, 0.4) is 0 Å². The number of anilines is 1. The van der Waals surface area contributed by atoms with Crippen molar-refractivity contribution in [2.24, 2.45) is 5.73 Å². The van der Waals surface area contributed by atoms with Gasteiger partial charge in [0.1, 0.15) is 0 Å². The summed E-state index contributed by atoms with van der Waals surface area (Å²) in [6.45, 7) is 0. The van der Waals surface area contributed by atoms with E-state index < -0.39 is 5.91 Å². The van der Waals surface area contributed by atoms with Crippen molar-refractivity contribution in [3.05, 3.63) is 18.0 Å². The molecular formula is C10H12N4O. The van der Waals surface area contributed by atoms with Crippen molar-refractivity contribution in [3.8, 4) is 11.8 Å². The summed E-state index contributed by atoms with van der Waals surface area (Å²) >= 11 is 0. The molecule has 1 amide bonds. The lowest BCUT2D eigenvalue weighted by Crippen LogP contribution is -2.12. The molecule has 0 unspecified atom stereocenters. The van der Waals surface area contributed by atoms with E-state index in [4.69, 9.17) is 5.73 Å². The van der Waals surface area contributed by atoms with E-state index in [9.17, 15) is 4.79 Å². The number of primary amides is 1. The van der Waals surface area contributed by atoms with Gasteiger partial charge in [0.05, 0.1) is 12.0 Å². The Morgan fingerprint density at radius 1 is 1.47 bits per heavy atom. The SMILES string of the molecule is CN(C)c1ncc(C#CCC(N)=O)cn1. The lowest BCUT2D eigenvalue weighted by atomic mass is 10.3. The van der Waals surface area contributed by atoms with Gasteiger partial charge in [-0.15, -0.1) is 0 Å². The predicted molar refractivity (Wildman–Crippen MR) is 57.0 cm³/mol. The van der Waals surface area contributed by atoms with E-state index in [0.29, 0.717) is 11.5 Å². The molecule has 0 radical (unpaired) electrons. The molecule has 0 atom stereocenters. The number of nitrogens with zero attached hydrogens (tertiary/aromatic N) is 3. The van der Waals surface area contributed by atoms with Gasteiger partial charge >= 0.3 is 0 Å². The molecule has 0 aliphatic rings. The van der Waals surface area contributed by atoms with Crippen LogP contribution in [0.15, 0.2) is 12.4 Å². The van der Waals surface area contributed by atoms with Crippen LogP contribution in [0.25, 0.3) is 0 Å². The van der Waals surface area contributed by atoms with Gasteiger partial charge in [-0.05, 0) is 0 Å². The van der Waals surface area contributed by atoms with Gasteiger partial charge in [-0.3, -0.25) is 4.79 Å². The number of nitrogens with two attached hydrogens (primary N) is 1. The molecule has 0 fully saturated rings. The van der Waals surface area contributed by atoms with Gasteiger partial charge in [0.2, 0.25) is 11.9 Å². The highest BCUT2D eigenvalue weighted by atomic mass is 16.1. The van der Waals surface area contributed by atoms with E-state index in [2.05, 4.69) is 21.8 Å². The van der Waals surface area contributed by atoms with Crippen molar-refractivity contribution in [1.29, 1.82) is 0 Å². The smallest absolute Gasteiger partial charge is 0.229 e. The van der Waals surface area contributed by atoms with E-state index in [-0.39, 0.29) is 6.42 Å². The fourth-order valence-corrected chi connectivity index (χ4v) is 0.850. The van der Waals surface area contributed by atoms with E-state index in [1.807, 2.05) is 14.1 Å². The molecule has 0 bridgehead atoms. The fourth-order valence-electron chi connectivity index (χ4n) is 0.850. The summed E-state index contributed by atoms with van der Waals surface area (Å²) in [4.78, 5) is 20.4. The van der Waals surface area contributed by atoms with E-state index in [1.165, 1.54) is 0 Å². The maximum atomic E-state index is 10.4. The second kappa shape index (κ2) is 4.96. The van der Waals surface area contributed by atoms with Crippen LogP contribution >= 0.6 is 0 Å². The Hall–Kier alpha value is -2.09. The van der Waals surface area contributed by atoms with Crippen molar-refractivity contribution in [2.45, 2.75) is 6.42 Å². The van der Waals surface area contributed by atoms with E-state index in [1.54, 1.807) is 17.3 Å². The lowest BCUT2D eigenvalue weighted by Gasteiger charge is -2.07. The Morgan fingerprint density at radius 3 is 2.53 bits per heavy atom. The summed E-state index contributed by atoms with van der Waals surface area (Å²) in [5, 5.41) is 0. The molecule has 5 heteroatoms. The number of aromatic nitrogens is 2. The molecule has 1 aromatic rings. The van der Waals surface area contributed by atoms with Gasteiger partial charge in [0.25, 0.3) is 0 Å². The van der Waals surface area contributed by atoms with Crippen LogP contribution < -0.4 is 10.6 Å². The van der Waals surface area contributed by atoms with Crippen LogP contribution in [-0.4, -0.2) is 30.0 Å². The zero-order chi connectivity index (χ0) is 11.3. The first kappa shape index (κ1) is 11.0. The van der Waals surface area contributed by atoms with E-state index in [0.717, 1.165) is 0 Å². The number of amides is 1. The predicted octanol–water partition coefficient (Wildman–Crippen LogP) is -0.231. The molecule has 0 aliphatic heterocycles. The molecular weight excluding hydrogens is 192 g/mol. The molecule has 1 heterocycles. The third-order valence-electron chi connectivity index (χ3n) is 1.53. The maximum Gasteiger partial charge on any atom is 0.229 e. The highest BCUT2D eigenvalue weighted by molar-refractivity contribution is 5.76. The molecule has 15 heavy (non-hydrogen) atoms. The van der Waals surface area contributed by atoms with Crippen LogP contribution in [0.4, 0.5) is 5.95 Å². The van der Waals surface area contributed by atoms with Crippen LogP contribution in [0.5, 0.6) is 0 Å². The van der Waals surface area contributed by atoms with Gasteiger partial charge in [-0.2, -0.15) is 0 Å². The fraction of sp³-hybridized carbons (Fsp3) is 0.300. The Kier molecular flexibility index (Phi) is 3.63. The van der Waals surface area contributed by atoms with Gasteiger partial charge in [-0.25, -0.2) is 9.97 Å². The van der Waals surface area contributed by atoms with Crippen molar-refractivity contribution >= 4 is 11.9 Å². The van der Waals surface area contributed by atoms with Gasteiger partial charge in [0, 0.05) is 26.5 Å². The Morgan fingerprint density at radius 2 is 2.07 bits per heavy atom. The van der Waals surface area contributed by atoms with Crippen molar-refractivity contribution in [3.63, 3.8) is 0 Å². The minimum Gasteiger partial charge on any atom is -0.369 e. The standard InChI is InChI=1S/C10H12N4O/c1-14(2)10-12-6-8(7-13-10)4-3-5-9(11)15/h6-7H,5H2,1-2H3,(H2,11,15). The topological polar surface area (TPSA) is 72.1 Å². The zero-order valence-corrected chi connectivity index (χ0v) is 8.69. The van der Waals surface area contributed by atoms with Crippen molar-refractivity contribution < 1.29 is 4.79 Å². The van der Waals surface area contributed by atoms with Crippen LogP contribution in [0, 0.1) is 11.8 Å². The first-order valence-electron chi connectivity index (χ1n) is 4.36. The zero-order valence-electron chi connectivity index (χ0n) is 8.69. The molecule has 0 saturated carbocycles. The van der Waals surface area contributed by atoms with E-state index >= 15 is 0 Å². The van der Waals surface area contributed by atoms with Gasteiger partial charge in [-0.1, -0.05) is 11.8 Å².